The van der Waals surface area contributed by atoms with Gasteiger partial charge in [-0.25, -0.2) is 0 Å². The standard InChI is InChI=1S/C23H15F5N4.Pt/c1-22(2,19-12-13-32(31-19)17-10-11-20(24)30-21(17)25)18-5-3-4-16(29-18)14-6-8-15(9-7-14)23(26,27)28;/h3-6,8-9,11-13H,1-2H3;/q-2;+2. The van der Waals surface area contributed by atoms with Crippen molar-refractivity contribution in [3.63, 3.8) is 0 Å². The van der Waals surface area contributed by atoms with Gasteiger partial charge in [0.25, 0.3) is 0 Å². The smallest absolute Gasteiger partial charge is 0.322 e. The van der Waals surface area contributed by atoms with E-state index in [4.69, 9.17) is 0 Å². The maximum absolute atomic E-state index is 14.0. The van der Waals surface area contributed by atoms with Crippen molar-refractivity contribution < 1.29 is 43.0 Å². The molecule has 33 heavy (non-hydrogen) atoms. The molecular weight excluding hydrogens is 622 g/mol. The first-order valence-electron chi connectivity index (χ1n) is 9.43. The van der Waals surface area contributed by atoms with Crippen molar-refractivity contribution in [2.24, 2.45) is 0 Å². The molecule has 0 aliphatic heterocycles. The molecule has 172 valence electrons. The number of rotatable bonds is 4. The number of aromatic nitrogens is 4. The van der Waals surface area contributed by atoms with E-state index in [0.717, 1.165) is 18.2 Å². The number of halogens is 5. The molecule has 3 heterocycles. The molecule has 0 saturated carbocycles. The Balaban J connectivity index is 0.00000306. The molecule has 0 N–H and O–H groups in total. The number of pyridine rings is 2. The predicted octanol–water partition coefficient (Wildman–Crippen LogP) is 5.55. The summed E-state index contributed by atoms with van der Waals surface area (Å²) in [5.41, 5.74) is 0.334. The summed E-state index contributed by atoms with van der Waals surface area (Å²) in [6, 6.07) is 16.0. The van der Waals surface area contributed by atoms with Crippen LogP contribution in [-0.4, -0.2) is 19.7 Å². The predicted molar refractivity (Wildman–Crippen MR) is 106 cm³/mol. The van der Waals surface area contributed by atoms with Gasteiger partial charge in [0.05, 0.1) is 17.1 Å². The van der Waals surface area contributed by atoms with Crippen LogP contribution < -0.4 is 0 Å². The van der Waals surface area contributed by atoms with E-state index < -0.39 is 29.1 Å². The van der Waals surface area contributed by atoms with Gasteiger partial charge in [-0.1, -0.05) is 12.1 Å². The van der Waals surface area contributed by atoms with Gasteiger partial charge < -0.3 is 9.97 Å². The Morgan fingerprint density at radius 3 is 2.27 bits per heavy atom. The van der Waals surface area contributed by atoms with E-state index in [1.807, 2.05) is 13.8 Å². The topological polar surface area (TPSA) is 43.6 Å². The third-order valence-corrected chi connectivity index (χ3v) is 4.99. The second-order valence-electron chi connectivity index (χ2n) is 7.53. The van der Waals surface area contributed by atoms with Crippen LogP contribution in [0.25, 0.3) is 16.9 Å². The zero-order valence-corrected chi connectivity index (χ0v) is 19.5. The Labute approximate surface area is 200 Å². The molecule has 0 fully saturated rings. The number of alkyl halides is 3. The molecule has 10 heteroatoms. The van der Waals surface area contributed by atoms with Crippen LogP contribution in [0.3, 0.4) is 0 Å². The second kappa shape index (κ2) is 9.14. The largest absolute Gasteiger partial charge is 2.00 e. The number of hydrogen-bond donors (Lipinski definition) is 0. The maximum atomic E-state index is 14.0. The fourth-order valence-corrected chi connectivity index (χ4v) is 3.13. The third-order valence-electron chi connectivity index (χ3n) is 4.99. The molecule has 0 spiro atoms. The molecule has 3 aromatic heterocycles. The molecule has 0 amide bonds. The maximum Gasteiger partial charge on any atom is 2.00 e. The summed E-state index contributed by atoms with van der Waals surface area (Å²) in [5, 5.41) is 4.37. The molecule has 0 saturated heterocycles. The second-order valence-corrected chi connectivity index (χ2v) is 7.53. The molecule has 0 aliphatic rings. The Bertz CT molecular complexity index is 1270. The van der Waals surface area contributed by atoms with Gasteiger partial charge >= 0.3 is 27.2 Å². The van der Waals surface area contributed by atoms with Crippen LogP contribution in [0.1, 0.15) is 30.8 Å². The zero-order valence-electron chi connectivity index (χ0n) is 17.2. The molecule has 4 aromatic rings. The molecule has 4 rings (SSSR count). The molecule has 0 unspecified atom stereocenters. The first-order chi connectivity index (χ1) is 15.1. The summed E-state index contributed by atoms with van der Waals surface area (Å²) >= 11 is 0. The van der Waals surface area contributed by atoms with Crippen LogP contribution in [-0.2, 0) is 32.7 Å². The van der Waals surface area contributed by atoms with Gasteiger partial charge in [0, 0.05) is 17.6 Å². The number of hydrogen-bond acceptors (Lipinski definition) is 3. The van der Waals surface area contributed by atoms with E-state index in [9.17, 15) is 22.0 Å². The fourth-order valence-electron chi connectivity index (χ4n) is 3.13. The van der Waals surface area contributed by atoms with Gasteiger partial charge in [0.2, 0.25) is 0 Å². The summed E-state index contributed by atoms with van der Waals surface area (Å²) in [7, 11) is 0. The number of benzene rings is 1. The minimum Gasteiger partial charge on any atom is -0.322 e. The van der Waals surface area contributed by atoms with Gasteiger partial charge in [0.15, 0.2) is 0 Å². The van der Waals surface area contributed by atoms with E-state index in [2.05, 4.69) is 27.2 Å². The molecule has 0 bridgehead atoms. The first kappa shape index (κ1) is 24.7. The van der Waals surface area contributed by atoms with E-state index >= 15 is 0 Å². The fraction of sp³-hybridized carbons (Fsp3) is 0.174. The van der Waals surface area contributed by atoms with Gasteiger partial charge in [0.1, 0.15) is 5.95 Å². The van der Waals surface area contributed by atoms with Crippen molar-refractivity contribution >= 4 is 0 Å². The Hall–Kier alpha value is -2.93. The quantitative estimate of drug-likeness (QED) is 0.168. The van der Waals surface area contributed by atoms with Crippen LogP contribution >= 0.6 is 0 Å². The van der Waals surface area contributed by atoms with Crippen LogP contribution in [0.4, 0.5) is 22.0 Å². The summed E-state index contributed by atoms with van der Waals surface area (Å²) in [5.74, 6) is -2.03. The van der Waals surface area contributed by atoms with Gasteiger partial charge in [-0.3, -0.25) is 13.5 Å². The van der Waals surface area contributed by atoms with Gasteiger partial charge in [-0.05, 0) is 37.2 Å². The van der Waals surface area contributed by atoms with Gasteiger partial charge in [-0.15, -0.1) is 42.0 Å². The summed E-state index contributed by atoms with van der Waals surface area (Å²) in [6.45, 7) is 3.70. The van der Waals surface area contributed by atoms with Gasteiger partial charge in [-0.2, -0.15) is 18.3 Å². The van der Waals surface area contributed by atoms with Crippen molar-refractivity contribution in [1.29, 1.82) is 0 Å². The monoisotopic (exact) mass is 637 g/mol. The summed E-state index contributed by atoms with van der Waals surface area (Å²) in [6.07, 6.45) is -2.94. The zero-order chi connectivity index (χ0) is 23.1. The minimum atomic E-state index is -4.44. The van der Waals surface area contributed by atoms with Crippen LogP contribution in [0.2, 0.25) is 0 Å². The van der Waals surface area contributed by atoms with Crippen molar-refractivity contribution in [3.05, 3.63) is 95.7 Å². The van der Waals surface area contributed by atoms with Crippen LogP contribution in [0.15, 0.2) is 54.7 Å². The van der Waals surface area contributed by atoms with E-state index in [1.165, 1.54) is 16.9 Å². The molecule has 0 aliphatic carbocycles. The minimum absolute atomic E-state index is 0. The average molecular weight is 637 g/mol. The van der Waals surface area contributed by atoms with Crippen molar-refractivity contribution in [1.82, 2.24) is 19.7 Å². The molecule has 0 atom stereocenters. The van der Waals surface area contributed by atoms with Crippen molar-refractivity contribution in [2.75, 3.05) is 0 Å². The Morgan fingerprint density at radius 2 is 1.64 bits per heavy atom. The van der Waals surface area contributed by atoms with E-state index in [0.29, 0.717) is 22.6 Å². The summed E-state index contributed by atoms with van der Waals surface area (Å²) < 4.78 is 66.7. The molecule has 4 nitrogen and oxygen atoms in total. The van der Waals surface area contributed by atoms with Crippen LogP contribution in [0.5, 0.6) is 0 Å². The van der Waals surface area contributed by atoms with E-state index in [-0.39, 0.29) is 26.8 Å². The number of nitrogens with zero attached hydrogens (tertiary/aromatic N) is 4. The molecule has 1 aromatic carbocycles. The molecular formula is C23H15F5N4Pt. The van der Waals surface area contributed by atoms with Crippen molar-refractivity contribution in [3.8, 4) is 16.9 Å². The van der Waals surface area contributed by atoms with Crippen molar-refractivity contribution in [2.45, 2.75) is 25.4 Å². The first-order valence-corrected chi connectivity index (χ1v) is 9.43. The average Bonchev–Trinajstić information content (AvgIpc) is 3.24. The molecule has 0 radical (unpaired) electrons. The normalized spacial score (nSPS) is 11.8. The van der Waals surface area contributed by atoms with E-state index in [1.54, 1.807) is 24.3 Å². The Kier molecular flexibility index (Phi) is 6.84. The van der Waals surface area contributed by atoms with Crippen LogP contribution in [0, 0.1) is 24.0 Å². The SMILES string of the molecule is CC(C)(c1cccc(-c2[c-]cc(C(F)(F)F)cc2)n1)c1ccn(-c2[c-]cc(F)nc2F)n1.[Pt+2]. The Morgan fingerprint density at radius 1 is 0.879 bits per heavy atom. The third kappa shape index (κ3) is 5.03. The summed E-state index contributed by atoms with van der Waals surface area (Å²) in [4.78, 5) is 7.72.